The van der Waals surface area contributed by atoms with E-state index < -0.39 is 23.3 Å². The first-order chi connectivity index (χ1) is 17.2. The number of thiophene rings is 1. The molecule has 0 aliphatic heterocycles. The fraction of sp³-hybridized carbons (Fsp3) is 0.370. The van der Waals surface area contributed by atoms with Crippen molar-refractivity contribution in [3.8, 4) is 16.2 Å². The summed E-state index contributed by atoms with van der Waals surface area (Å²) in [7, 11) is 0. The number of carbonyl (C=O) groups is 1. The molecular formula is C27H27Cl2F3O4S. The van der Waals surface area contributed by atoms with Crippen LogP contribution in [-0.2, 0) is 22.1 Å². The molecule has 37 heavy (non-hydrogen) atoms. The highest BCUT2D eigenvalue weighted by molar-refractivity contribution is 7.15. The Hall–Kier alpha value is -2.26. The summed E-state index contributed by atoms with van der Waals surface area (Å²) in [5.74, 6) is -0.957. The standard InChI is InChI=1S/C27H27Cl2F3O4S/c1-15(2)35-19(22-14-13-21(37-22)16-5-9-18(10-6-16)27(30,31)32)11-7-17-8-12-20(24(29)23(17)28)36-26(3,4)25(33)34/h5-6,8-10,12-15,19H,7,11H2,1-4H3,(H,33,34). The van der Waals surface area contributed by atoms with Crippen molar-refractivity contribution in [3.63, 3.8) is 0 Å². The zero-order valence-electron chi connectivity index (χ0n) is 20.7. The number of hydrogen-bond donors (Lipinski definition) is 1. The van der Waals surface area contributed by atoms with Gasteiger partial charge in [-0.05, 0) is 82.0 Å². The number of ether oxygens (including phenoxy) is 2. The number of carboxylic acids is 1. The van der Waals surface area contributed by atoms with Crippen LogP contribution >= 0.6 is 34.5 Å². The maximum Gasteiger partial charge on any atom is 0.416 e. The van der Waals surface area contributed by atoms with E-state index in [1.54, 1.807) is 12.1 Å². The maximum absolute atomic E-state index is 12.9. The second kappa shape index (κ2) is 11.6. The van der Waals surface area contributed by atoms with Crippen molar-refractivity contribution < 1.29 is 32.5 Å². The van der Waals surface area contributed by atoms with Crippen molar-refractivity contribution in [1.82, 2.24) is 0 Å². The van der Waals surface area contributed by atoms with Gasteiger partial charge in [-0.1, -0.05) is 41.4 Å². The van der Waals surface area contributed by atoms with E-state index in [0.717, 1.165) is 27.5 Å². The van der Waals surface area contributed by atoms with Gasteiger partial charge >= 0.3 is 12.1 Å². The normalized spacial score (nSPS) is 13.1. The van der Waals surface area contributed by atoms with Gasteiger partial charge in [-0.2, -0.15) is 13.2 Å². The molecule has 2 aromatic carbocycles. The highest BCUT2D eigenvalue weighted by Gasteiger charge is 2.31. The minimum absolute atomic E-state index is 0.0605. The molecule has 200 valence electrons. The van der Waals surface area contributed by atoms with Crippen LogP contribution in [0.3, 0.4) is 0 Å². The van der Waals surface area contributed by atoms with Crippen LogP contribution in [0.1, 0.15) is 56.2 Å². The third-order valence-electron chi connectivity index (χ3n) is 5.56. The highest BCUT2D eigenvalue weighted by Crippen LogP contribution is 2.40. The molecule has 0 aliphatic carbocycles. The lowest BCUT2D eigenvalue weighted by molar-refractivity contribution is -0.152. The van der Waals surface area contributed by atoms with Crippen molar-refractivity contribution in [2.45, 2.75) is 64.5 Å². The number of rotatable bonds is 10. The Balaban J connectivity index is 1.78. The molecule has 1 unspecified atom stereocenters. The molecule has 1 atom stereocenters. The Morgan fingerprint density at radius 3 is 2.22 bits per heavy atom. The molecular weight excluding hydrogens is 548 g/mol. The van der Waals surface area contributed by atoms with Crippen LogP contribution in [0, 0.1) is 0 Å². The summed E-state index contributed by atoms with van der Waals surface area (Å²) < 4.78 is 50.4. The van der Waals surface area contributed by atoms with Gasteiger partial charge in [-0.15, -0.1) is 11.3 Å². The van der Waals surface area contributed by atoms with Crippen LogP contribution in [0.25, 0.3) is 10.4 Å². The number of carboxylic acid groups (broad SMARTS) is 1. The SMILES string of the molecule is CC(C)OC(CCc1ccc(OC(C)(C)C(=O)O)c(Cl)c1Cl)c1ccc(-c2ccc(C(F)(F)F)cc2)s1. The molecule has 4 nitrogen and oxygen atoms in total. The minimum atomic E-state index is -4.38. The fourth-order valence-electron chi connectivity index (χ4n) is 3.56. The van der Waals surface area contributed by atoms with E-state index >= 15 is 0 Å². The quantitative estimate of drug-likeness (QED) is 0.262. The summed E-state index contributed by atoms with van der Waals surface area (Å²) >= 11 is 14.3. The molecule has 0 spiro atoms. The van der Waals surface area contributed by atoms with Gasteiger partial charge in [-0.3, -0.25) is 0 Å². The molecule has 10 heteroatoms. The number of benzene rings is 2. The second-order valence-electron chi connectivity index (χ2n) is 9.26. The van der Waals surface area contributed by atoms with Crippen molar-refractivity contribution in [3.05, 3.63) is 74.6 Å². The van der Waals surface area contributed by atoms with Gasteiger partial charge in [0.2, 0.25) is 0 Å². The summed E-state index contributed by atoms with van der Waals surface area (Å²) in [6, 6.07) is 12.2. The first-order valence-corrected chi connectivity index (χ1v) is 13.1. The summed E-state index contributed by atoms with van der Waals surface area (Å²) in [5.41, 5.74) is -0.715. The van der Waals surface area contributed by atoms with Gasteiger partial charge in [0.15, 0.2) is 5.60 Å². The third kappa shape index (κ3) is 7.41. The summed E-state index contributed by atoms with van der Waals surface area (Å²) in [4.78, 5) is 13.2. The van der Waals surface area contributed by atoms with Crippen LogP contribution < -0.4 is 4.74 Å². The van der Waals surface area contributed by atoms with E-state index in [-0.39, 0.29) is 28.0 Å². The Bertz CT molecular complexity index is 1240. The molecule has 0 saturated carbocycles. The number of hydrogen-bond acceptors (Lipinski definition) is 4. The average molecular weight is 575 g/mol. The predicted octanol–water partition coefficient (Wildman–Crippen LogP) is 9.08. The Labute approximate surface area is 227 Å². The molecule has 3 rings (SSSR count). The zero-order chi connectivity index (χ0) is 27.5. The molecule has 0 fully saturated rings. The number of aliphatic carboxylic acids is 1. The van der Waals surface area contributed by atoms with E-state index in [4.69, 9.17) is 32.7 Å². The van der Waals surface area contributed by atoms with Crippen molar-refractivity contribution in [2.24, 2.45) is 0 Å². The van der Waals surface area contributed by atoms with E-state index in [0.29, 0.717) is 18.4 Å². The van der Waals surface area contributed by atoms with Gasteiger partial charge < -0.3 is 14.6 Å². The van der Waals surface area contributed by atoms with Crippen molar-refractivity contribution in [1.29, 1.82) is 0 Å². The molecule has 1 aromatic heterocycles. The van der Waals surface area contributed by atoms with Gasteiger partial charge in [0.1, 0.15) is 10.8 Å². The zero-order valence-corrected chi connectivity index (χ0v) is 23.0. The van der Waals surface area contributed by atoms with Gasteiger partial charge in [0, 0.05) is 9.75 Å². The average Bonchev–Trinajstić information content (AvgIpc) is 3.30. The molecule has 0 radical (unpaired) electrons. The number of alkyl halides is 3. The number of halogens is 5. The van der Waals surface area contributed by atoms with E-state index in [1.165, 1.54) is 37.3 Å². The molecule has 0 saturated heterocycles. The monoisotopic (exact) mass is 574 g/mol. The van der Waals surface area contributed by atoms with Crippen LogP contribution in [0.15, 0.2) is 48.5 Å². The highest BCUT2D eigenvalue weighted by atomic mass is 35.5. The molecule has 1 heterocycles. The fourth-order valence-corrected chi connectivity index (χ4v) is 5.12. The van der Waals surface area contributed by atoms with Crippen molar-refractivity contribution >= 4 is 40.5 Å². The van der Waals surface area contributed by atoms with E-state index in [2.05, 4.69) is 0 Å². The molecule has 0 amide bonds. The first kappa shape index (κ1) is 29.3. The predicted molar refractivity (Wildman–Crippen MR) is 141 cm³/mol. The van der Waals surface area contributed by atoms with Crippen molar-refractivity contribution in [2.75, 3.05) is 0 Å². The largest absolute Gasteiger partial charge is 0.478 e. The molecule has 0 aliphatic rings. The second-order valence-corrected chi connectivity index (χ2v) is 11.1. The van der Waals surface area contributed by atoms with Crippen LogP contribution in [0.4, 0.5) is 13.2 Å². The van der Waals surface area contributed by atoms with E-state index in [9.17, 15) is 23.1 Å². The Kier molecular flexibility index (Phi) is 9.22. The molecule has 3 aromatic rings. The third-order valence-corrected chi connectivity index (χ3v) is 7.69. The van der Waals surface area contributed by atoms with Crippen LogP contribution in [0.2, 0.25) is 10.0 Å². The van der Waals surface area contributed by atoms with Crippen LogP contribution in [0.5, 0.6) is 5.75 Å². The lowest BCUT2D eigenvalue weighted by Gasteiger charge is -2.23. The first-order valence-electron chi connectivity index (χ1n) is 11.5. The summed E-state index contributed by atoms with van der Waals surface area (Å²) in [5, 5.41) is 9.72. The van der Waals surface area contributed by atoms with Crippen LogP contribution in [-0.4, -0.2) is 22.8 Å². The Morgan fingerprint density at radius 1 is 1.00 bits per heavy atom. The molecule has 0 bridgehead atoms. The van der Waals surface area contributed by atoms with Gasteiger partial charge in [0.05, 0.1) is 22.8 Å². The summed E-state index contributed by atoms with van der Waals surface area (Å²) in [6.07, 6.45) is -3.62. The van der Waals surface area contributed by atoms with Gasteiger partial charge in [-0.25, -0.2) is 4.79 Å². The topological polar surface area (TPSA) is 55.8 Å². The Morgan fingerprint density at radius 2 is 1.65 bits per heavy atom. The van der Waals surface area contributed by atoms with Gasteiger partial charge in [0.25, 0.3) is 0 Å². The summed E-state index contributed by atoms with van der Waals surface area (Å²) in [6.45, 7) is 6.69. The lowest BCUT2D eigenvalue weighted by atomic mass is 10.0. The molecule has 1 N–H and O–H groups in total. The maximum atomic E-state index is 12.9. The van der Waals surface area contributed by atoms with E-state index in [1.807, 2.05) is 26.0 Å². The lowest BCUT2D eigenvalue weighted by Crippen LogP contribution is -2.38. The number of aryl methyl sites for hydroxylation is 1. The minimum Gasteiger partial charge on any atom is -0.478 e. The smallest absolute Gasteiger partial charge is 0.416 e.